The standard InChI is InChI=1S/C11H20N2O3/c1-2-11(15)16-10-8-13-5-3-12(4-6-13)7-9-14/h2,14H,1,3-10H2. The van der Waals surface area contributed by atoms with Gasteiger partial charge in [0.1, 0.15) is 6.61 Å². The van der Waals surface area contributed by atoms with Crippen molar-refractivity contribution in [3.8, 4) is 0 Å². The third-order valence-corrected chi connectivity index (χ3v) is 2.70. The number of carbonyl (C=O) groups excluding carboxylic acids is 1. The number of carbonyl (C=O) groups is 1. The van der Waals surface area contributed by atoms with E-state index in [0.29, 0.717) is 6.61 Å². The van der Waals surface area contributed by atoms with Crippen molar-refractivity contribution in [2.24, 2.45) is 0 Å². The lowest BCUT2D eigenvalue weighted by atomic mass is 10.3. The lowest BCUT2D eigenvalue weighted by Crippen LogP contribution is -2.48. The Morgan fingerprint density at radius 1 is 1.25 bits per heavy atom. The third-order valence-electron chi connectivity index (χ3n) is 2.70. The van der Waals surface area contributed by atoms with Gasteiger partial charge in [0.2, 0.25) is 0 Å². The Bertz CT molecular complexity index is 225. The maximum Gasteiger partial charge on any atom is 0.330 e. The van der Waals surface area contributed by atoms with Crippen LogP contribution in [0.15, 0.2) is 12.7 Å². The number of hydrogen-bond acceptors (Lipinski definition) is 5. The molecule has 0 aromatic rings. The highest BCUT2D eigenvalue weighted by Crippen LogP contribution is 2.00. The quantitative estimate of drug-likeness (QED) is 0.482. The van der Waals surface area contributed by atoms with Gasteiger partial charge in [-0.25, -0.2) is 4.79 Å². The second kappa shape index (κ2) is 7.38. The number of ether oxygens (including phenoxy) is 1. The second-order valence-electron chi connectivity index (χ2n) is 3.78. The molecule has 1 aliphatic heterocycles. The summed E-state index contributed by atoms with van der Waals surface area (Å²) < 4.78 is 4.92. The summed E-state index contributed by atoms with van der Waals surface area (Å²) in [5.74, 6) is -0.362. The number of aliphatic hydroxyl groups is 1. The molecular formula is C11H20N2O3. The van der Waals surface area contributed by atoms with Gasteiger partial charge >= 0.3 is 5.97 Å². The molecule has 1 fully saturated rings. The fourth-order valence-electron chi connectivity index (χ4n) is 1.71. The first kappa shape index (κ1) is 13.2. The molecule has 0 saturated carbocycles. The summed E-state index contributed by atoms with van der Waals surface area (Å²) in [5, 5.41) is 8.79. The first-order chi connectivity index (χ1) is 7.76. The Hall–Kier alpha value is -0.910. The van der Waals surface area contributed by atoms with Crippen molar-refractivity contribution in [3.05, 3.63) is 12.7 Å². The lowest BCUT2D eigenvalue weighted by Gasteiger charge is -2.34. The van der Waals surface area contributed by atoms with Crippen molar-refractivity contribution >= 4 is 5.97 Å². The van der Waals surface area contributed by atoms with Crippen LogP contribution in [-0.2, 0) is 9.53 Å². The predicted octanol–water partition coefficient (Wildman–Crippen LogP) is -0.674. The molecule has 0 atom stereocenters. The van der Waals surface area contributed by atoms with Crippen molar-refractivity contribution < 1.29 is 14.6 Å². The van der Waals surface area contributed by atoms with Crippen LogP contribution in [-0.4, -0.2) is 73.4 Å². The van der Waals surface area contributed by atoms with E-state index in [2.05, 4.69) is 16.4 Å². The monoisotopic (exact) mass is 228 g/mol. The number of rotatable bonds is 6. The van der Waals surface area contributed by atoms with Crippen LogP contribution in [0.2, 0.25) is 0 Å². The van der Waals surface area contributed by atoms with E-state index in [1.807, 2.05) is 0 Å². The highest BCUT2D eigenvalue weighted by atomic mass is 16.5. The minimum absolute atomic E-state index is 0.219. The zero-order chi connectivity index (χ0) is 11.8. The number of esters is 1. The number of aliphatic hydroxyl groups excluding tert-OH is 1. The lowest BCUT2D eigenvalue weighted by molar-refractivity contribution is -0.138. The molecule has 0 unspecified atom stereocenters. The molecule has 0 bridgehead atoms. The Morgan fingerprint density at radius 2 is 1.81 bits per heavy atom. The number of β-amino-alcohol motifs (C(OH)–C–C–N with tert-alkyl or cyclic N) is 1. The number of piperazine rings is 1. The molecule has 5 nitrogen and oxygen atoms in total. The predicted molar refractivity (Wildman–Crippen MR) is 61.1 cm³/mol. The zero-order valence-corrected chi connectivity index (χ0v) is 9.60. The number of nitrogens with zero attached hydrogens (tertiary/aromatic N) is 2. The van der Waals surface area contributed by atoms with Crippen LogP contribution in [0.1, 0.15) is 0 Å². The zero-order valence-electron chi connectivity index (χ0n) is 9.60. The van der Waals surface area contributed by atoms with Gasteiger partial charge in [-0.3, -0.25) is 9.80 Å². The maximum absolute atomic E-state index is 10.8. The van der Waals surface area contributed by atoms with Gasteiger partial charge in [0.15, 0.2) is 0 Å². The van der Waals surface area contributed by atoms with Crippen LogP contribution < -0.4 is 0 Å². The van der Waals surface area contributed by atoms with Crippen LogP contribution in [0.4, 0.5) is 0 Å². The van der Waals surface area contributed by atoms with Crippen LogP contribution >= 0.6 is 0 Å². The molecule has 1 N–H and O–H groups in total. The SMILES string of the molecule is C=CC(=O)OCCN1CCN(CCO)CC1. The normalized spacial score (nSPS) is 18.3. The molecule has 1 aliphatic rings. The third kappa shape index (κ3) is 4.74. The van der Waals surface area contributed by atoms with Crippen LogP contribution in [0.25, 0.3) is 0 Å². The van der Waals surface area contributed by atoms with Crippen molar-refractivity contribution in [2.75, 3.05) is 52.5 Å². The van der Waals surface area contributed by atoms with Gasteiger partial charge in [-0.1, -0.05) is 6.58 Å². The highest BCUT2D eigenvalue weighted by Gasteiger charge is 2.15. The van der Waals surface area contributed by atoms with E-state index in [4.69, 9.17) is 9.84 Å². The van der Waals surface area contributed by atoms with Crippen LogP contribution in [0.3, 0.4) is 0 Å². The minimum atomic E-state index is -0.362. The van der Waals surface area contributed by atoms with Crippen molar-refractivity contribution in [1.82, 2.24) is 9.80 Å². The highest BCUT2D eigenvalue weighted by molar-refractivity contribution is 5.81. The molecule has 1 saturated heterocycles. The summed E-state index contributed by atoms with van der Waals surface area (Å²) in [7, 11) is 0. The van der Waals surface area contributed by atoms with E-state index in [1.54, 1.807) is 0 Å². The van der Waals surface area contributed by atoms with Crippen molar-refractivity contribution in [2.45, 2.75) is 0 Å². The van der Waals surface area contributed by atoms with Gasteiger partial charge in [-0.2, -0.15) is 0 Å². The minimum Gasteiger partial charge on any atom is -0.461 e. The molecule has 0 aromatic heterocycles. The Morgan fingerprint density at radius 3 is 2.31 bits per heavy atom. The average molecular weight is 228 g/mol. The second-order valence-corrected chi connectivity index (χ2v) is 3.78. The van der Waals surface area contributed by atoms with E-state index in [0.717, 1.165) is 39.3 Å². The van der Waals surface area contributed by atoms with E-state index in [-0.39, 0.29) is 12.6 Å². The summed E-state index contributed by atoms with van der Waals surface area (Å²) in [4.78, 5) is 15.3. The molecule has 0 aromatic carbocycles. The van der Waals surface area contributed by atoms with Gasteiger partial charge in [-0.05, 0) is 0 Å². The van der Waals surface area contributed by atoms with Gasteiger partial charge in [0.25, 0.3) is 0 Å². The van der Waals surface area contributed by atoms with Crippen LogP contribution in [0.5, 0.6) is 0 Å². The molecule has 1 rings (SSSR count). The molecule has 1 heterocycles. The average Bonchev–Trinajstić information content (AvgIpc) is 2.31. The molecule has 5 heteroatoms. The fraction of sp³-hybridized carbons (Fsp3) is 0.727. The fourth-order valence-corrected chi connectivity index (χ4v) is 1.71. The summed E-state index contributed by atoms with van der Waals surface area (Å²) in [6.45, 7) is 9.36. The topological polar surface area (TPSA) is 53.0 Å². The molecule has 0 amide bonds. The van der Waals surface area contributed by atoms with E-state index in [9.17, 15) is 4.79 Å². The summed E-state index contributed by atoms with van der Waals surface area (Å²) >= 11 is 0. The Kier molecular flexibility index (Phi) is 6.07. The summed E-state index contributed by atoms with van der Waals surface area (Å²) in [6.07, 6.45) is 1.18. The summed E-state index contributed by atoms with van der Waals surface area (Å²) in [5.41, 5.74) is 0. The Labute approximate surface area is 96.3 Å². The van der Waals surface area contributed by atoms with E-state index < -0.39 is 0 Å². The van der Waals surface area contributed by atoms with E-state index >= 15 is 0 Å². The van der Waals surface area contributed by atoms with Gasteiger partial charge in [0.05, 0.1) is 6.61 Å². The first-order valence-corrected chi connectivity index (χ1v) is 5.61. The largest absolute Gasteiger partial charge is 0.461 e. The molecular weight excluding hydrogens is 208 g/mol. The first-order valence-electron chi connectivity index (χ1n) is 5.61. The van der Waals surface area contributed by atoms with E-state index in [1.165, 1.54) is 6.08 Å². The van der Waals surface area contributed by atoms with Gasteiger partial charge in [-0.15, -0.1) is 0 Å². The smallest absolute Gasteiger partial charge is 0.330 e. The molecule has 0 spiro atoms. The van der Waals surface area contributed by atoms with Crippen molar-refractivity contribution in [3.63, 3.8) is 0 Å². The Balaban J connectivity index is 2.08. The van der Waals surface area contributed by atoms with Crippen LogP contribution in [0, 0.1) is 0 Å². The molecule has 16 heavy (non-hydrogen) atoms. The van der Waals surface area contributed by atoms with Crippen molar-refractivity contribution in [1.29, 1.82) is 0 Å². The summed E-state index contributed by atoms with van der Waals surface area (Å²) in [6, 6.07) is 0. The number of hydrogen-bond donors (Lipinski definition) is 1. The van der Waals surface area contributed by atoms with Gasteiger partial charge < -0.3 is 9.84 Å². The maximum atomic E-state index is 10.8. The van der Waals surface area contributed by atoms with Gasteiger partial charge in [0, 0.05) is 45.3 Å². The molecule has 92 valence electrons. The molecule has 0 radical (unpaired) electrons. The molecule has 0 aliphatic carbocycles.